The van der Waals surface area contributed by atoms with E-state index in [4.69, 9.17) is 18.7 Å². The van der Waals surface area contributed by atoms with Crippen LogP contribution in [0.2, 0.25) is 0 Å². The van der Waals surface area contributed by atoms with Crippen LogP contribution in [0.25, 0.3) is 23.1 Å². The zero-order valence-corrected chi connectivity index (χ0v) is 18.2. The van der Waals surface area contributed by atoms with Gasteiger partial charge in [0.2, 0.25) is 5.89 Å². The molecule has 0 saturated carbocycles. The lowest BCUT2D eigenvalue weighted by atomic mass is 10.1. The lowest BCUT2D eigenvalue weighted by molar-refractivity contribution is -0.144. The Morgan fingerprint density at radius 1 is 1.15 bits per heavy atom. The summed E-state index contributed by atoms with van der Waals surface area (Å²) in [5.41, 5.74) is 1.15. The monoisotopic (exact) mass is 465 g/mol. The maximum absolute atomic E-state index is 14.5. The normalized spacial score (nSPS) is 11.7. The molecule has 1 unspecified atom stereocenters. The molecule has 4 aromatic rings. The highest BCUT2D eigenvalue weighted by Gasteiger charge is 2.21. The first kappa shape index (κ1) is 22.7. The summed E-state index contributed by atoms with van der Waals surface area (Å²) in [6, 6.07) is 12.1. The third kappa shape index (κ3) is 4.80. The van der Waals surface area contributed by atoms with Crippen LogP contribution < -0.4 is 10.1 Å². The molecule has 2 heterocycles. The molecule has 0 radical (unpaired) electrons. The third-order valence-corrected chi connectivity index (χ3v) is 4.97. The fourth-order valence-electron chi connectivity index (χ4n) is 3.10. The van der Waals surface area contributed by atoms with E-state index in [1.807, 2.05) is 6.92 Å². The van der Waals surface area contributed by atoms with Gasteiger partial charge in [-0.15, -0.1) is 10.2 Å². The molecule has 0 aliphatic carbocycles. The first-order valence-electron chi connectivity index (χ1n) is 10.4. The third-order valence-electron chi connectivity index (χ3n) is 4.97. The maximum atomic E-state index is 14.5. The molecule has 10 heteroatoms. The molecule has 0 aliphatic rings. The van der Waals surface area contributed by atoms with Crippen LogP contribution in [0.3, 0.4) is 0 Å². The number of anilines is 1. The minimum Gasteiger partial charge on any atom is -0.479 e. The van der Waals surface area contributed by atoms with Crippen LogP contribution in [0, 0.1) is 5.82 Å². The number of carbonyl (C=O) groups excluding carboxylic acids is 1. The summed E-state index contributed by atoms with van der Waals surface area (Å²) in [6.45, 7) is 3.25. The average molecular weight is 465 g/mol. The van der Waals surface area contributed by atoms with Crippen molar-refractivity contribution in [1.29, 1.82) is 0 Å². The number of nitrogens with one attached hydrogen (secondary N) is 1. The molecule has 4 rings (SSSR count). The summed E-state index contributed by atoms with van der Waals surface area (Å²) in [4.78, 5) is 24.2. The lowest BCUT2D eigenvalue weighted by Crippen LogP contribution is -2.24. The molecule has 174 valence electrons. The Labute approximate surface area is 193 Å². The van der Waals surface area contributed by atoms with Crippen LogP contribution >= 0.6 is 0 Å². The molecule has 0 saturated heterocycles. The highest BCUT2D eigenvalue weighted by molar-refractivity contribution is 6.06. The van der Waals surface area contributed by atoms with Crippen LogP contribution in [-0.4, -0.2) is 33.3 Å². The molecule has 1 amide bonds. The number of furan rings is 1. The van der Waals surface area contributed by atoms with Crippen LogP contribution in [0.15, 0.2) is 63.6 Å². The van der Waals surface area contributed by atoms with Crippen molar-refractivity contribution in [3.8, 4) is 28.9 Å². The average Bonchev–Trinajstić information content (AvgIpc) is 3.53. The SMILES string of the molecule is CCc1ccc(OC(C)C(=O)O)c(C(=O)Nc2cc(-c3nnc(-c4ccco4)o3)ccc2F)c1. The molecule has 9 nitrogen and oxygen atoms in total. The molecule has 0 fully saturated rings. The number of halogens is 1. The number of aryl methyl sites for hydroxylation is 1. The number of carboxylic acids is 1. The van der Waals surface area contributed by atoms with Gasteiger partial charge < -0.3 is 24.0 Å². The number of hydrogen-bond donors (Lipinski definition) is 2. The number of nitrogens with zero attached hydrogens (tertiary/aromatic N) is 2. The molecule has 2 aromatic heterocycles. The molecule has 0 aliphatic heterocycles. The highest BCUT2D eigenvalue weighted by Crippen LogP contribution is 2.29. The second-order valence-corrected chi connectivity index (χ2v) is 7.32. The predicted molar refractivity (Wildman–Crippen MR) is 119 cm³/mol. The molecule has 34 heavy (non-hydrogen) atoms. The number of ether oxygens (including phenoxy) is 1. The lowest BCUT2D eigenvalue weighted by Gasteiger charge is -2.16. The number of benzene rings is 2. The molecule has 2 aromatic carbocycles. The Morgan fingerprint density at radius 2 is 1.94 bits per heavy atom. The van der Waals surface area contributed by atoms with Crippen molar-refractivity contribution in [2.45, 2.75) is 26.4 Å². The van der Waals surface area contributed by atoms with Crippen LogP contribution in [0.5, 0.6) is 5.75 Å². The molecular formula is C24H20FN3O6. The van der Waals surface area contributed by atoms with E-state index in [-0.39, 0.29) is 28.8 Å². The van der Waals surface area contributed by atoms with E-state index in [2.05, 4.69) is 15.5 Å². The molecule has 0 spiro atoms. The van der Waals surface area contributed by atoms with Crippen molar-refractivity contribution < 1.29 is 32.7 Å². The molecular weight excluding hydrogens is 445 g/mol. The quantitative estimate of drug-likeness (QED) is 0.380. The topological polar surface area (TPSA) is 128 Å². The first-order valence-corrected chi connectivity index (χ1v) is 10.4. The van der Waals surface area contributed by atoms with Gasteiger partial charge in [-0.3, -0.25) is 4.79 Å². The summed E-state index contributed by atoms with van der Waals surface area (Å²) in [7, 11) is 0. The number of rotatable bonds is 8. The van der Waals surface area contributed by atoms with Gasteiger partial charge in [0.1, 0.15) is 11.6 Å². The van der Waals surface area contributed by atoms with Gasteiger partial charge in [0.25, 0.3) is 11.8 Å². The van der Waals surface area contributed by atoms with Crippen molar-refractivity contribution >= 4 is 17.6 Å². The number of aromatic nitrogens is 2. The number of carbonyl (C=O) groups is 2. The fourth-order valence-corrected chi connectivity index (χ4v) is 3.10. The van der Waals surface area contributed by atoms with Crippen molar-refractivity contribution in [1.82, 2.24) is 10.2 Å². The Bertz CT molecular complexity index is 1330. The van der Waals surface area contributed by atoms with E-state index in [0.29, 0.717) is 17.7 Å². The van der Waals surface area contributed by atoms with Crippen LogP contribution in [-0.2, 0) is 11.2 Å². The van der Waals surface area contributed by atoms with Crippen molar-refractivity contribution in [2.24, 2.45) is 0 Å². The summed E-state index contributed by atoms with van der Waals surface area (Å²) >= 11 is 0. The summed E-state index contributed by atoms with van der Waals surface area (Å²) in [5, 5.41) is 19.5. The Morgan fingerprint density at radius 3 is 2.65 bits per heavy atom. The largest absolute Gasteiger partial charge is 0.479 e. The van der Waals surface area contributed by atoms with E-state index < -0.39 is 23.8 Å². The van der Waals surface area contributed by atoms with E-state index in [1.165, 1.54) is 31.4 Å². The summed E-state index contributed by atoms with van der Waals surface area (Å²) < 4.78 is 30.8. The van der Waals surface area contributed by atoms with Crippen molar-refractivity contribution in [3.63, 3.8) is 0 Å². The summed E-state index contributed by atoms with van der Waals surface area (Å²) in [6.07, 6.45) is 0.918. The number of hydrogen-bond acceptors (Lipinski definition) is 7. The van der Waals surface area contributed by atoms with E-state index in [1.54, 1.807) is 24.3 Å². The van der Waals surface area contributed by atoms with Crippen molar-refractivity contribution in [2.75, 3.05) is 5.32 Å². The van der Waals surface area contributed by atoms with Gasteiger partial charge in [0.05, 0.1) is 17.5 Å². The standard InChI is InChI=1S/C24H20FN3O6/c1-3-14-6-9-19(33-13(2)24(30)31)16(11-14)21(29)26-18-12-15(7-8-17(18)25)22-27-28-23(34-22)20-5-4-10-32-20/h4-13H,3H2,1-2H3,(H,26,29)(H,30,31). The minimum atomic E-state index is -1.18. The predicted octanol–water partition coefficient (Wildman–Crippen LogP) is 4.80. The number of aliphatic carboxylic acids is 1. The van der Waals surface area contributed by atoms with Gasteiger partial charge in [-0.25, -0.2) is 9.18 Å². The molecule has 2 N–H and O–H groups in total. The van der Waals surface area contributed by atoms with Gasteiger partial charge >= 0.3 is 5.97 Å². The second kappa shape index (κ2) is 9.57. The van der Waals surface area contributed by atoms with Crippen molar-refractivity contribution in [3.05, 3.63) is 71.7 Å². The number of carboxylic acid groups (broad SMARTS) is 1. The van der Waals surface area contributed by atoms with E-state index >= 15 is 0 Å². The first-order chi connectivity index (χ1) is 16.4. The maximum Gasteiger partial charge on any atom is 0.344 e. The van der Waals surface area contributed by atoms with Gasteiger partial charge in [-0.05, 0) is 61.4 Å². The minimum absolute atomic E-state index is 0.0705. The Hall–Kier alpha value is -4.47. The Kier molecular flexibility index (Phi) is 6.39. The van der Waals surface area contributed by atoms with Crippen LogP contribution in [0.1, 0.15) is 29.8 Å². The molecule has 1 atom stereocenters. The fraction of sp³-hybridized carbons (Fsp3) is 0.167. The Balaban J connectivity index is 1.62. The zero-order chi connectivity index (χ0) is 24.2. The zero-order valence-electron chi connectivity index (χ0n) is 18.2. The van der Waals surface area contributed by atoms with E-state index in [9.17, 15) is 14.0 Å². The van der Waals surface area contributed by atoms with Crippen LogP contribution in [0.4, 0.5) is 10.1 Å². The smallest absolute Gasteiger partial charge is 0.344 e. The van der Waals surface area contributed by atoms with Gasteiger partial charge in [0.15, 0.2) is 11.9 Å². The van der Waals surface area contributed by atoms with Gasteiger partial charge in [-0.1, -0.05) is 13.0 Å². The second-order valence-electron chi connectivity index (χ2n) is 7.32. The van der Waals surface area contributed by atoms with E-state index in [0.717, 1.165) is 11.6 Å². The number of amides is 1. The van der Waals surface area contributed by atoms with Gasteiger partial charge in [-0.2, -0.15) is 0 Å². The van der Waals surface area contributed by atoms with Gasteiger partial charge in [0, 0.05) is 5.56 Å². The highest BCUT2D eigenvalue weighted by atomic mass is 19.1. The summed E-state index contributed by atoms with van der Waals surface area (Å²) in [5.74, 6) is -1.82. The molecule has 0 bridgehead atoms.